The second-order valence-corrected chi connectivity index (χ2v) is 6.58. The molecular weight excluding hydrogens is 340 g/mol. The molecule has 0 unspecified atom stereocenters. The molecule has 0 saturated carbocycles. The average Bonchev–Trinajstić information content (AvgIpc) is 2.66. The smallest absolute Gasteiger partial charge is 0.274 e. The zero-order valence-electron chi connectivity index (χ0n) is 15.8. The van der Waals surface area contributed by atoms with Gasteiger partial charge in [0.1, 0.15) is 11.4 Å². The van der Waals surface area contributed by atoms with Crippen molar-refractivity contribution in [3.8, 4) is 5.75 Å². The van der Waals surface area contributed by atoms with Gasteiger partial charge in [-0.15, -0.1) is 10.2 Å². The van der Waals surface area contributed by atoms with Crippen LogP contribution in [-0.2, 0) is 6.42 Å². The number of H-pyrrole nitrogens is 1. The van der Waals surface area contributed by atoms with Gasteiger partial charge in [-0.05, 0) is 36.1 Å². The molecule has 2 N–H and O–H groups in total. The highest BCUT2D eigenvalue weighted by molar-refractivity contribution is 5.62. The highest BCUT2D eigenvalue weighted by Crippen LogP contribution is 2.25. The van der Waals surface area contributed by atoms with Crippen molar-refractivity contribution in [3.05, 3.63) is 75.7 Å². The molecule has 6 nitrogen and oxygen atoms in total. The molecule has 0 amide bonds. The van der Waals surface area contributed by atoms with E-state index in [2.05, 4.69) is 46.5 Å². The Morgan fingerprint density at radius 2 is 1.81 bits per heavy atom. The fourth-order valence-electron chi connectivity index (χ4n) is 2.72. The second-order valence-electron chi connectivity index (χ2n) is 6.58. The van der Waals surface area contributed by atoms with Crippen molar-refractivity contribution < 1.29 is 4.74 Å². The van der Waals surface area contributed by atoms with Crippen LogP contribution in [-0.4, -0.2) is 21.8 Å². The predicted molar refractivity (Wildman–Crippen MR) is 107 cm³/mol. The minimum absolute atomic E-state index is 0.255. The van der Waals surface area contributed by atoms with Crippen molar-refractivity contribution in [2.45, 2.75) is 33.1 Å². The van der Waals surface area contributed by atoms with Crippen LogP contribution in [0.1, 0.15) is 43.5 Å². The minimum Gasteiger partial charge on any atom is -0.492 e. The van der Waals surface area contributed by atoms with Gasteiger partial charge in [-0.3, -0.25) is 9.78 Å². The summed E-state index contributed by atoms with van der Waals surface area (Å²) in [7, 11) is 0. The summed E-state index contributed by atoms with van der Waals surface area (Å²) in [6, 6.07) is 15.7. The van der Waals surface area contributed by atoms with Crippen molar-refractivity contribution in [2.24, 2.45) is 0 Å². The van der Waals surface area contributed by atoms with Crippen LogP contribution in [0.3, 0.4) is 0 Å². The Morgan fingerprint density at radius 1 is 1.07 bits per heavy atom. The SMILES string of the molecule is CCOc1ccccc1Nc1nnc(Cc2ccc(C(C)C)cc2)c(=O)[nH]1. The standard InChI is InChI=1S/C21H24N4O2/c1-4-27-19-8-6-5-7-17(19)22-21-23-20(26)18(24-25-21)13-15-9-11-16(12-10-15)14(2)3/h5-12,14H,4,13H2,1-3H3,(H2,22,23,25,26). The maximum absolute atomic E-state index is 12.4. The average molecular weight is 364 g/mol. The van der Waals surface area contributed by atoms with E-state index in [1.165, 1.54) is 5.56 Å². The number of hydrogen-bond donors (Lipinski definition) is 2. The summed E-state index contributed by atoms with van der Waals surface area (Å²) in [6.07, 6.45) is 0.441. The summed E-state index contributed by atoms with van der Waals surface area (Å²) in [4.78, 5) is 15.1. The third-order valence-corrected chi connectivity index (χ3v) is 4.22. The van der Waals surface area contributed by atoms with Gasteiger partial charge in [-0.2, -0.15) is 0 Å². The molecular formula is C21H24N4O2. The largest absolute Gasteiger partial charge is 0.492 e. The molecule has 3 aromatic rings. The van der Waals surface area contributed by atoms with E-state index in [-0.39, 0.29) is 11.5 Å². The Morgan fingerprint density at radius 3 is 2.48 bits per heavy atom. The number of para-hydroxylation sites is 2. The van der Waals surface area contributed by atoms with Crippen molar-refractivity contribution in [3.63, 3.8) is 0 Å². The molecule has 0 fully saturated rings. The number of anilines is 2. The first-order valence-corrected chi connectivity index (χ1v) is 9.10. The molecule has 0 aliphatic rings. The molecule has 0 radical (unpaired) electrons. The van der Waals surface area contributed by atoms with Gasteiger partial charge in [0.15, 0.2) is 0 Å². The lowest BCUT2D eigenvalue weighted by molar-refractivity contribution is 0.342. The fourth-order valence-corrected chi connectivity index (χ4v) is 2.72. The van der Waals surface area contributed by atoms with E-state index in [1.54, 1.807) is 0 Å². The Balaban J connectivity index is 1.75. The molecule has 2 aromatic carbocycles. The van der Waals surface area contributed by atoms with E-state index in [4.69, 9.17) is 4.74 Å². The predicted octanol–water partition coefficient (Wildman–Crippen LogP) is 4.02. The van der Waals surface area contributed by atoms with Gasteiger partial charge in [-0.1, -0.05) is 50.2 Å². The molecule has 0 spiro atoms. The minimum atomic E-state index is -0.255. The number of nitrogens with zero attached hydrogens (tertiary/aromatic N) is 2. The molecule has 0 atom stereocenters. The fraction of sp³-hybridized carbons (Fsp3) is 0.286. The van der Waals surface area contributed by atoms with Crippen LogP contribution >= 0.6 is 0 Å². The molecule has 0 aliphatic carbocycles. The molecule has 3 rings (SSSR count). The molecule has 1 heterocycles. The van der Waals surface area contributed by atoms with E-state index in [0.717, 1.165) is 11.3 Å². The summed E-state index contributed by atoms with van der Waals surface area (Å²) in [5.74, 6) is 1.45. The van der Waals surface area contributed by atoms with Crippen LogP contribution in [0.2, 0.25) is 0 Å². The number of rotatable bonds is 7. The zero-order chi connectivity index (χ0) is 19.2. The summed E-state index contributed by atoms with van der Waals surface area (Å²) in [5.41, 5.74) is 3.15. The molecule has 0 saturated heterocycles. The monoisotopic (exact) mass is 364 g/mol. The first kappa shape index (κ1) is 18.6. The van der Waals surface area contributed by atoms with E-state index in [0.29, 0.717) is 30.4 Å². The lowest BCUT2D eigenvalue weighted by Crippen LogP contribution is -2.19. The first-order chi connectivity index (χ1) is 13.1. The number of nitrogens with one attached hydrogen (secondary N) is 2. The summed E-state index contributed by atoms with van der Waals surface area (Å²) in [5, 5.41) is 11.3. The Labute approximate surface area is 158 Å². The molecule has 6 heteroatoms. The number of aromatic nitrogens is 3. The molecule has 0 bridgehead atoms. The summed E-state index contributed by atoms with van der Waals surface area (Å²) < 4.78 is 5.57. The third kappa shape index (κ3) is 4.73. The number of hydrogen-bond acceptors (Lipinski definition) is 5. The Bertz CT molecular complexity index is 949. The van der Waals surface area contributed by atoms with Gasteiger partial charge < -0.3 is 10.1 Å². The number of aromatic amines is 1. The van der Waals surface area contributed by atoms with Gasteiger partial charge in [0.2, 0.25) is 5.95 Å². The zero-order valence-corrected chi connectivity index (χ0v) is 15.8. The number of ether oxygens (including phenoxy) is 1. The van der Waals surface area contributed by atoms with Crippen LogP contribution in [0, 0.1) is 0 Å². The maximum Gasteiger partial charge on any atom is 0.274 e. The lowest BCUT2D eigenvalue weighted by atomic mass is 10.0. The highest BCUT2D eigenvalue weighted by Gasteiger charge is 2.09. The highest BCUT2D eigenvalue weighted by atomic mass is 16.5. The van der Waals surface area contributed by atoms with Gasteiger partial charge >= 0.3 is 0 Å². The van der Waals surface area contributed by atoms with Gasteiger partial charge in [0.25, 0.3) is 5.56 Å². The quantitative estimate of drug-likeness (QED) is 0.662. The normalized spacial score (nSPS) is 10.8. The Hall–Kier alpha value is -3.15. The van der Waals surface area contributed by atoms with E-state index in [1.807, 2.05) is 43.3 Å². The lowest BCUT2D eigenvalue weighted by Gasteiger charge is -2.11. The van der Waals surface area contributed by atoms with Crippen LogP contribution in [0.15, 0.2) is 53.3 Å². The second kappa shape index (κ2) is 8.49. The van der Waals surface area contributed by atoms with E-state index < -0.39 is 0 Å². The van der Waals surface area contributed by atoms with Gasteiger partial charge in [0, 0.05) is 6.42 Å². The van der Waals surface area contributed by atoms with E-state index in [9.17, 15) is 4.79 Å². The van der Waals surface area contributed by atoms with Gasteiger partial charge in [-0.25, -0.2) is 0 Å². The van der Waals surface area contributed by atoms with Crippen LogP contribution in [0.4, 0.5) is 11.6 Å². The maximum atomic E-state index is 12.4. The summed E-state index contributed by atoms with van der Waals surface area (Å²) >= 11 is 0. The molecule has 27 heavy (non-hydrogen) atoms. The summed E-state index contributed by atoms with van der Waals surface area (Å²) in [6.45, 7) is 6.78. The van der Waals surface area contributed by atoms with Crippen LogP contribution in [0.25, 0.3) is 0 Å². The van der Waals surface area contributed by atoms with Gasteiger partial charge in [0.05, 0.1) is 12.3 Å². The van der Waals surface area contributed by atoms with E-state index >= 15 is 0 Å². The van der Waals surface area contributed by atoms with Crippen LogP contribution in [0.5, 0.6) is 5.75 Å². The topological polar surface area (TPSA) is 79.9 Å². The number of benzene rings is 2. The molecule has 140 valence electrons. The van der Waals surface area contributed by atoms with Crippen molar-refractivity contribution >= 4 is 11.6 Å². The third-order valence-electron chi connectivity index (χ3n) is 4.22. The Kier molecular flexibility index (Phi) is 5.86. The van der Waals surface area contributed by atoms with Crippen molar-refractivity contribution in [1.82, 2.24) is 15.2 Å². The molecule has 1 aromatic heterocycles. The first-order valence-electron chi connectivity index (χ1n) is 9.10. The molecule has 0 aliphatic heterocycles. The van der Waals surface area contributed by atoms with Crippen LogP contribution < -0.4 is 15.6 Å². The van der Waals surface area contributed by atoms with Crippen molar-refractivity contribution in [1.29, 1.82) is 0 Å². The van der Waals surface area contributed by atoms with Crippen molar-refractivity contribution in [2.75, 3.05) is 11.9 Å².